The summed E-state index contributed by atoms with van der Waals surface area (Å²) in [4.78, 5) is 0. The lowest BCUT2D eigenvalue weighted by molar-refractivity contribution is 0.209. The van der Waals surface area contributed by atoms with Crippen LogP contribution in [0.5, 0.6) is 0 Å². The molecule has 0 heterocycles. The molecular formula is C12H15N2O3PS. The lowest BCUT2D eigenvalue weighted by Gasteiger charge is -2.14. The van der Waals surface area contributed by atoms with Crippen LogP contribution in [0.4, 0.5) is 0 Å². The third kappa shape index (κ3) is 4.73. The Morgan fingerprint density at radius 2 is 2.21 bits per heavy atom. The molecule has 0 aliphatic carbocycles. The zero-order chi connectivity index (χ0) is 14.1. The average Bonchev–Trinajstić information content (AvgIpc) is 2.41. The molecule has 1 aromatic carbocycles. The first kappa shape index (κ1) is 15.2. The first-order chi connectivity index (χ1) is 9.15. The number of terminal acetylenes is 1. The van der Waals surface area contributed by atoms with Crippen LogP contribution in [0.2, 0.25) is 0 Å². The van der Waals surface area contributed by atoms with Crippen LogP contribution >= 0.6 is 6.72 Å². The highest BCUT2D eigenvalue weighted by molar-refractivity contribution is 8.07. The molecule has 0 spiro atoms. The molecule has 0 aliphatic rings. The SMILES string of the molecule is C#COP(=S)(OCC)O/N=C(\C#N)c1ccccc1.[HH].[HH]. The van der Waals surface area contributed by atoms with Crippen LogP contribution in [0.1, 0.15) is 15.3 Å². The topological polar surface area (TPSA) is 63.8 Å². The van der Waals surface area contributed by atoms with Crippen LogP contribution in [0, 0.1) is 23.9 Å². The zero-order valence-corrected chi connectivity index (χ0v) is 11.9. The van der Waals surface area contributed by atoms with Crippen LogP contribution < -0.4 is 0 Å². The van der Waals surface area contributed by atoms with Crippen molar-refractivity contribution < 1.29 is 16.5 Å². The molecule has 0 aliphatic heterocycles. The van der Waals surface area contributed by atoms with Gasteiger partial charge in [0.15, 0.2) is 5.71 Å². The van der Waals surface area contributed by atoms with E-state index in [1.54, 1.807) is 31.2 Å². The van der Waals surface area contributed by atoms with Gasteiger partial charge in [-0.3, -0.25) is 4.52 Å². The standard InChI is InChI=1S/C12H11N2O3PS.2H2/c1-3-15-18(19,16-4-2)17-14-12(10-13)11-8-6-5-7-9-11;;/h1,5-9H,4H2,2H3;2*1H/b14-12+;;. The largest absolute Gasteiger partial charge is 0.464 e. The van der Waals surface area contributed by atoms with E-state index in [4.69, 9.17) is 37.2 Å². The first-order valence-electron chi connectivity index (χ1n) is 5.26. The normalized spacial score (nSPS) is 13.7. The van der Waals surface area contributed by atoms with Crippen molar-refractivity contribution in [3.8, 4) is 18.6 Å². The molecule has 0 saturated carbocycles. The second-order valence-electron chi connectivity index (χ2n) is 3.07. The second-order valence-corrected chi connectivity index (χ2v) is 5.91. The van der Waals surface area contributed by atoms with E-state index in [2.05, 4.69) is 5.16 Å². The molecular weight excluding hydrogens is 283 g/mol. The summed E-state index contributed by atoms with van der Waals surface area (Å²) in [5.74, 6) is 0. The Morgan fingerprint density at radius 3 is 2.74 bits per heavy atom. The summed E-state index contributed by atoms with van der Waals surface area (Å²) in [6, 6.07) is 10.7. The number of hydrogen-bond acceptors (Lipinski definition) is 6. The van der Waals surface area contributed by atoms with E-state index in [1.807, 2.05) is 18.2 Å². The van der Waals surface area contributed by atoms with E-state index in [-0.39, 0.29) is 15.2 Å². The quantitative estimate of drug-likeness (QED) is 0.349. The minimum atomic E-state index is -3.15. The molecule has 0 N–H and O–H groups in total. The lowest BCUT2D eigenvalue weighted by atomic mass is 10.1. The van der Waals surface area contributed by atoms with E-state index in [1.165, 1.54) is 0 Å². The van der Waals surface area contributed by atoms with E-state index >= 15 is 0 Å². The molecule has 0 saturated heterocycles. The third-order valence-electron chi connectivity index (χ3n) is 1.84. The van der Waals surface area contributed by atoms with Crippen molar-refractivity contribution in [2.75, 3.05) is 6.61 Å². The molecule has 1 atom stereocenters. The molecule has 0 aromatic heterocycles. The predicted molar refractivity (Wildman–Crippen MR) is 79.7 cm³/mol. The molecule has 1 aromatic rings. The van der Waals surface area contributed by atoms with Gasteiger partial charge < -0.3 is 9.15 Å². The number of nitriles is 1. The number of benzene rings is 1. The number of nitrogens with zero attached hydrogens (tertiary/aromatic N) is 2. The minimum Gasteiger partial charge on any atom is -0.361 e. The highest BCUT2D eigenvalue weighted by Gasteiger charge is 2.22. The van der Waals surface area contributed by atoms with Gasteiger partial charge in [0.1, 0.15) is 12.2 Å². The monoisotopic (exact) mass is 298 g/mol. The van der Waals surface area contributed by atoms with Crippen LogP contribution in [0.3, 0.4) is 0 Å². The van der Waals surface area contributed by atoms with Gasteiger partial charge in [0.25, 0.3) is 0 Å². The van der Waals surface area contributed by atoms with E-state index in [0.717, 1.165) is 0 Å². The molecule has 0 amide bonds. The Labute approximate surface area is 120 Å². The van der Waals surface area contributed by atoms with Gasteiger partial charge in [-0.1, -0.05) is 41.9 Å². The van der Waals surface area contributed by atoms with Gasteiger partial charge in [-0.2, -0.15) is 5.26 Å². The molecule has 5 nitrogen and oxygen atoms in total. The van der Waals surface area contributed by atoms with E-state index in [9.17, 15) is 0 Å². The maximum absolute atomic E-state index is 9.03. The summed E-state index contributed by atoms with van der Waals surface area (Å²) in [7, 11) is 0. The van der Waals surface area contributed by atoms with Crippen molar-refractivity contribution in [1.82, 2.24) is 0 Å². The Hall–Kier alpha value is -1.85. The van der Waals surface area contributed by atoms with E-state index < -0.39 is 6.72 Å². The van der Waals surface area contributed by atoms with Gasteiger partial charge in [0.05, 0.1) is 6.61 Å². The van der Waals surface area contributed by atoms with Crippen LogP contribution in [-0.4, -0.2) is 12.3 Å². The predicted octanol–water partition coefficient (Wildman–Crippen LogP) is 3.29. The van der Waals surface area contributed by atoms with Crippen molar-refractivity contribution in [3.05, 3.63) is 35.9 Å². The number of hydrogen-bond donors (Lipinski definition) is 0. The van der Waals surface area contributed by atoms with Crippen molar-refractivity contribution in [2.45, 2.75) is 6.92 Å². The molecule has 0 bridgehead atoms. The minimum absolute atomic E-state index is 0. The fourth-order valence-corrected chi connectivity index (χ4v) is 2.42. The van der Waals surface area contributed by atoms with Crippen molar-refractivity contribution in [2.24, 2.45) is 5.16 Å². The highest BCUT2D eigenvalue weighted by atomic mass is 32.5. The van der Waals surface area contributed by atoms with Gasteiger partial charge in [-0.05, 0) is 6.92 Å². The Balaban J connectivity index is 0. The van der Waals surface area contributed by atoms with Gasteiger partial charge in [-0.25, -0.2) is 0 Å². The molecule has 7 heteroatoms. The Kier molecular flexibility index (Phi) is 6.05. The van der Waals surface area contributed by atoms with Gasteiger partial charge in [0, 0.05) is 20.2 Å². The number of rotatable bonds is 6. The first-order valence-corrected chi connectivity index (χ1v) is 7.82. The van der Waals surface area contributed by atoms with Gasteiger partial charge in [0.2, 0.25) is 0 Å². The van der Waals surface area contributed by atoms with Gasteiger partial charge >= 0.3 is 6.72 Å². The lowest BCUT2D eigenvalue weighted by Crippen LogP contribution is -2.00. The molecule has 102 valence electrons. The van der Waals surface area contributed by atoms with Crippen LogP contribution in [0.15, 0.2) is 35.5 Å². The molecule has 1 unspecified atom stereocenters. The smallest absolute Gasteiger partial charge is 0.361 e. The summed E-state index contributed by atoms with van der Waals surface area (Å²) in [5, 5.41) is 12.7. The average molecular weight is 298 g/mol. The van der Waals surface area contributed by atoms with Crippen LogP contribution in [-0.2, 0) is 25.5 Å². The molecule has 0 fully saturated rings. The number of oxime groups is 1. The highest BCUT2D eigenvalue weighted by Crippen LogP contribution is 2.49. The van der Waals surface area contributed by atoms with Crippen molar-refractivity contribution in [1.29, 1.82) is 5.26 Å². The summed E-state index contributed by atoms with van der Waals surface area (Å²) < 4.78 is 14.9. The van der Waals surface area contributed by atoms with Gasteiger partial charge in [-0.15, -0.1) is 0 Å². The summed E-state index contributed by atoms with van der Waals surface area (Å²) in [6.07, 6.45) is 6.93. The molecule has 0 radical (unpaired) electrons. The van der Waals surface area contributed by atoms with Crippen molar-refractivity contribution in [3.63, 3.8) is 0 Å². The van der Waals surface area contributed by atoms with Crippen molar-refractivity contribution >= 4 is 24.2 Å². The maximum Gasteiger partial charge on any atom is 0.464 e. The van der Waals surface area contributed by atoms with E-state index in [0.29, 0.717) is 5.56 Å². The Morgan fingerprint density at radius 1 is 1.53 bits per heavy atom. The molecule has 19 heavy (non-hydrogen) atoms. The third-order valence-corrected chi connectivity index (χ3v) is 3.76. The molecule has 1 rings (SSSR count). The summed E-state index contributed by atoms with van der Waals surface area (Å²) >= 11 is 5.00. The summed E-state index contributed by atoms with van der Waals surface area (Å²) in [6.45, 7) is -1.16. The van der Waals surface area contributed by atoms with Crippen LogP contribution in [0.25, 0.3) is 0 Å². The Bertz CT molecular complexity index is 584. The maximum atomic E-state index is 9.03. The second kappa shape index (κ2) is 7.56. The fraction of sp³-hybridized carbons (Fsp3) is 0.167. The summed E-state index contributed by atoms with van der Waals surface area (Å²) in [5.41, 5.74) is 0.666. The fourth-order valence-electron chi connectivity index (χ4n) is 1.11. The zero-order valence-electron chi connectivity index (χ0n) is 10.1.